The number of hydrogen-bond donors (Lipinski definition) is 3. The largest absolute Gasteiger partial charge is 0.336 e. The van der Waals surface area contributed by atoms with Crippen LogP contribution in [0.4, 0.5) is 21.0 Å². The van der Waals surface area contributed by atoms with Crippen LogP contribution in [0.5, 0.6) is 0 Å². The number of benzene rings is 2. The number of carbonyl (C=O) groups is 2. The monoisotopic (exact) mass is 434 g/mol. The fourth-order valence-electron chi connectivity index (χ4n) is 3.56. The van der Waals surface area contributed by atoms with Crippen molar-refractivity contribution >= 4 is 44.9 Å². The zero-order valence-corrected chi connectivity index (χ0v) is 16.9. The third kappa shape index (κ3) is 4.01. The van der Waals surface area contributed by atoms with E-state index in [1.807, 2.05) is 0 Å². The Balaban J connectivity index is 1.50. The lowest BCUT2D eigenvalue weighted by Gasteiger charge is -2.26. The summed E-state index contributed by atoms with van der Waals surface area (Å²) in [6, 6.07) is 10.4. The van der Waals surface area contributed by atoms with Gasteiger partial charge in [-0.05, 0) is 48.4 Å². The number of nitrogens with one attached hydrogen (secondary N) is 3. The van der Waals surface area contributed by atoms with Gasteiger partial charge in [0.1, 0.15) is 0 Å². The molecule has 1 saturated heterocycles. The molecule has 0 saturated carbocycles. The van der Waals surface area contributed by atoms with Crippen molar-refractivity contribution in [1.29, 1.82) is 0 Å². The van der Waals surface area contributed by atoms with Crippen molar-refractivity contribution in [2.45, 2.75) is 17.4 Å². The van der Waals surface area contributed by atoms with Crippen molar-refractivity contribution < 1.29 is 18.0 Å². The maximum absolute atomic E-state index is 12.5. The van der Waals surface area contributed by atoms with E-state index >= 15 is 0 Å². The van der Waals surface area contributed by atoms with Gasteiger partial charge in [-0.3, -0.25) is 4.90 Å². The summed E-state index contributed by atoms with van der Waals surface area (Å²) in [5.74, 6) is -0.0495. The fraction of sp³-hybridized carbons (Fsp3) is 0.263. The number of rotatable bonds is 3. The number of nitrogens with zero attached hydrogens (tertiary/aromatic N) is 1. The van der Waals surface area contributed by atoms with Gasteiger partial charge in [-0.1, -0.05) is 17.7 Å². The minimum absolute atomic E-state index is 0.0495. The van der Waals surface area contributed by atoms with E-state index in [-0.39, 0.29) is 23.1 Å². The first-order valence-electron chi connectivity index (χ1n) is 9.09. The van der Waals surface area contributed by atoms with Crippen LogP contribution < -0.4 is 20.9 Å². The molecule has 0 aliphatic carbocycles. The molecule has 29 heavy (non-hydrogen) atoms. The maximum Gasteiger partial charge on any atom is 0.321 e. The number of halogens is 1. The van der Waals surface area contributed by atoms with Crippen molar-refractivity contribution in [1.82, 2.24) is 10.6 Å². The average Bonchev–Trinajstić information content (AvgIpc) is 3.10. The quantitative estimate of drug-likeness (QED) is 0.690. The van der Waals surface area contributed by atoms with Gasteiger partial charge in [-0.15, -0.1) is 0 Å². The Labute approximate surface area is 173 Å². The Morgan fingerprint density at radius 1 is 1.21 bits per heavy atom. The highest BCUT2D eigenvalue weighted by molar-refractivity contribution is 7.91. The molecule has 0 bridgehead atoms. The van der Waals surface area contributed by atoms with Crippen LogP contribution in [0.3, 0.4) is 0 Å². The van der Waals surface area contributed by atoms with Gasteiger partial charge in [0.25, 0.3) is 0 Å². The second kappa shape index (κ2) is 7.57. The minimum atomic E-state index is -3.38. The number of urea groups is 2. The van der Waals surface area contributed by atoms with Gasteiger partial charge in [-0.25, -0.2) is 18.0 Å². The van der Waals surface area contributed by atoms with Crippen LogP contribution in [0.25, 0.3) is 0 Å². The zero-order chi connectivity index (χ0) is 20.6. The lowest BCUT2D eigenvalue weighted by molar-refractivity contribution is 0.247. The lowest BCUT2D eigenvalue weighted by atomic mass is 10.0. The molecule has 1 unspecified atom stereocenters. The predicted octanol–water partition coefficient (Wildman–Crippen LogP) is 2.91. The van der Waals surface area contributed by atoms with E-state index in [0.717, 1.165) is 0 Å². The Morgan fingerprint density at radius 2 is 2.03 bits per heavy atom. The van der Waals surface area contributed by atoms with Crippen LogP contribution >= 0.6 is 11.6 Å². The molecule has 1 fully saturated rings. The Hall–Kier alpha value is -2.78. The smallest absolute Gasteiger partial charge is 0.321 e. The highest BCUT2D eigenvalue weighted by Gasteiger charge is 2.31. The average molecular weight is 435 g/mol. The number of fused-ring (bicyclic) bond motifs is 1. The molecule has 3 N–H and O–H groups in total. The molecule has 4 rings (SSSR count). The van der Waals surface area contributed by atoms with E-state index in [9.17, 15) is 18.0 Å². The molecule has 0 aromatic heterocycles. The first-order valence-corrected chi connectivity index (χ1v) is 11.1. The highest BCUT2D eigenvalue weighted by atomic mass is 35.5. The molecule has 10 heteroatoms. The van der Waals surface area contributed by atoms with Gasteiger partial charge in [-0.2, -0.15) is 0 Å². The molecule has 2 heterocycles. The van der Waals surface area contributed by atoms with Crippen LogP contribution in [-0.4, -0.2) is 39.3 Å². The number of anilines is 2. The summed E-state index contributed by atoms with van der Waals surface area (Å²) < 4.78 is 24.6. The molecular weight excluding hydrogens is 416 g/mol. The van der Waals surface area contributed by atoms with E-state index in [0.29, 0.717) is 35.1 Å². The number of amides is 4. The molecule has 0 spiro atoms. The first kappa shape index (κ1) is 19.5. The normalized spacial score (nSPS) is 20.0. The van der Waals surface area contributed by atoms with Crippen molar-refractivity contribution in [2.75, 3.05) is 29.1 Å². The summed E-state index contributed by atoms with van der Waals surface area (Å²) in [4.78, 5) is 26.1. The van der Waals surface area contributed by atoms with E-state index in [2.05, 4.69) is 16.0 Å². The summed E-state index contributed by atoms with van der Waals surface area (Å²) in [5, 5.41) is 8.70. The summed E-state index contributed by atoms with van der Waals surface area (Å²) in [6.07, 6.45) is 0.261. The van der Waals surface area contributed by atoms with Crippen molar-refractivity contribution in [3.05, 3.63) is 53.1 Å². The number of hydrogen-bond acceptors (Lipinski definition) is 4. The fourth-order valence-corrected chi connectivity index (χ4v) is 5.34. The molecule has 0 radical (unpaired) electrons. The van der Waals surface area contributed by atoms with Gasteiger partial charge in [0.15, 0.2) is 9.84 Å². The predicted molar refractivity (Wildman–Crippen MR) is 110 cm³/mol. The van der Waals surface area contributed by atoms with E-state index < -0.39 is 21.9 Å². The van der Waals surface area contributed by atoms with Gasteiger partial charge >= 0.3 is 12.1 Å². The molecule has 152 valence electrons. The molecule has 1 atom stereocenters. The summed E-state index contributed by atoms with van der Waals surface area (Å²) >= 11 is 6.03. The van der Waals surface area contributed by atoms with Gasteiger partial charge < -0.3 is 16.0 Å². The van der Waals surface area contributed by atoms with Crippen LogP contribution in [0.2, 0.25) is 5.02 Å². The van der Waals surface area contributed by atoms with Gasteiger partial charge in [0.05, 0.1) is 16.7 Å². The standard InChI is InChI=1S/C19H19ClN4O4S/c20-12-4-5-17-15(10-12)16(6-9-29(17,27)28)23-18(25)22-13-2-1-3-14(11-13)24-8-7-21-19(24)26/h1-5,10-11,16H,6-9H2,(H,21,26)(H2,22,23,25). The molecule has 2 aliphatic heterocycles. The summed E-state index contributed by atoms with van der Waals surface area (Å²) in [5.41, 5.74) is 1.69. The highest BCUT2D eigenvalue weighted by Crippen LogP contribution is 2.34. The van der Waals surface area contributed by atoms with Crippen LogP contribution in [0.15, 0.2) is 47.4 Å². The van der Waals surface area contributed by atoms with Crippen LogP contribution in [-0.2, 0) is 9.84 Å². The molecule has 8 nitrogen and oxygen atoms in total. The number of carbonyl (C=O) groups excluding carboxylic acids is 2. The van der Waals surface area contributed by atoms with E-state index in [4.69, 9.17) is 11.6 Å². The zero-order valence-electron chi connectivity index (χ0n) is 15.3. The molecule has 2 aromatic carbocycles. The Bertz CT molecular complexity index is 1090. The van der Waals surface area contributed by atoms with E-state index in [1.165, 1.54) is 12.1 Å². The molecule has 2 aromatic rings. The van der Waals surface area contributed by atoms with Gasteiger partial charge in [0, 0.05) is 29.5 Å². The Kier molecular flexibility index (Phi) is 5.10. The third-order valence-corrected chi connectivity index (χ3v) is 6.99. The lowest BCUT2D eigenvalue weighted by Crippen LogP contribution is -2.36. The summed E-state index contributed by atoms with van der Waals surface area (Å²) in [7, 11) is -3.38. The van der Waals surface area contributed by atoms with E-state index in [1.54, 1.807) is 35.2 Å². The third-order valence-electron chi connectivity index (χ3n) is 4.94. The maximum atomic E-state index is 12.5. The number of sulfone groups is 1. The molecular formula is C19H19ClN4O4S. The molecule has 2 aliphatic rings. The second-order valence-corrected chi connectivity index (χ2v) is 9.39. The van der Waals surface area contributed by atoms with Crippen molar-refractivity contribution in [3.8, 4) is 0 Å². The summed E-state index contributed by atoms with van der Waals surface area (Å²) in [6.45, 7) is 1.13. The first-order chi connectivity index (χ1) is 13.8. The SMILES string of the molecule is O=C(Nc1cccc(N2CCNC2=O)c1)NC1CCS(=O)(=O)c2ccc(Cl)cc21. The van der Waals surface area contributed by atoms with Crippen molar-refractivity contribution in [2.24, 2.45) is 0 Å². The van der Waals surface area contributed by atoms with Crippen LogP contribution in [0, 0.1) is 0 Å². The van der Waals surface area contributed by atoms with Gasteiger partial charge in [0.2, 0.25) is 0 Å². The Morgan fingerprint density at radius 3 is 2.79 bits per heavy atom. The van der Waals surface area contributed by atoms with Crippen molar-refractivity contribution in [3.63, 3.8) is 0 Å². The van der Waals surface area contributed by atoms with Crippen LogP contribution in [0.1, 0.15) is 18.0 Å². The second-order valence-electron chi connectivity index (χ2n) is 6.87. The molecule has 4 amide bonds. The minimum Gasteiger partial charge on any atom is -0.336 e. The topological polar surface area (TPSA) is 108 Å².